The number of halogens is 1. The molecule has 1 aromatic carbocycles. The van der Waals surface area contributed by atoms with Gasteiger partial charge in [0.1, 0.15) is 5.82 Å². The highest BCUT2D eigenvalue weighted by atomic mass is 32.2. The Morgan fingerprint density at radius 2 is 1.88 bits per heavy atom. The molecule has 2 nitrogen and oxygen atoms in total. The summed E-state index contributed by atoms with van der Waals surface area (Å²) < 4.78 is 25.3. The maximum absolute atomic E-state index is 13.3. The highest BCUT2D eigenvalue weighted by Gasteiger charge is 2.26. The second-order valence-electron chi connectivity index (χ2n) is 3.85. The first-order chi connectivity index (χ1) is 7.52. The summed E-state index contributed by atoms with van der Waals surface area (Å²) >= 11 is 0. The van der Waals surface area contributed by atoms with E-state index >= 15 is 0 Å². The molecule has 0 bridgehead atoms. The largest absolute Gasteiger partial charge is 0.389 e. The van der Waals surface area contributed by atoms with E-state index in [0.29, 0.717) is 12.8 Å². The van der Waals surface area contributed by atoms with Gasteiger partial charge in [0, 0.05) is 0 Å². The van der Waals surface area contributed by atoms with Crippen LogP contribution in [0, 0.1) is 5.82 Å². The third-order valence-corrected chi connectivity index (χ3v) is 4.42. The van der Waals surface area contributed by atoms with Crippen molar-refractivity contribution in [2.75, 3.05) is 5.75 Å². The van der Waals surface area contributed by atoms with Gasteiger partial charge in [0.05, 0.1) is 27.0 Å². The van der Waals surface area contributed by atoms with Crippen LogP contribution in [-0.4, -0.2) is 20.7 Å². The minimum atomic E-state index is -1.49. The molecule has 1 unspecified atom stereocenters. The molecule has 0 fully saturated rings. The standard InChI is InChI=1S/C12H17FO2S/c1-3-12(14,4-2)9-16(15)11-8-6-5-7-10(11)13/h5-8,14H,3-4,9H2,1-2H3. The lowest BCUT2D eigenvalue weighted by Gasteiger charge is -2.24. The maximum Gasteiger partial charge on any atom is 0.139 e. The average molecular weight is 244 g/mol. The molecule has 1 rings (SSSR count). The molecule has 0 aliphatic carbocycles. The predicted octanol–water partition coefficient (Wildman–Crippen LogP) is 2.48. The molecule has 0 aromatic heterocycles. The summed E-state index contributed by atoms with van der Waals surface area (Å²) in [6, 6.07) is 5.98. The van der Waals surface area contributed by atoms with Crippen LogP contribution in [0.1, 0.15) is 26.7 Å². The first-order valence-electron chi connectivity index (χ1n) is 5.37. The van der Waals surface area contributed by atoms with Gasteiger partial charge in [0.2, 0.25) is 0 Å². The van der Waals surface area contributed by atoms with Crippen molar-refractivity contribution in [2.45, 2.75) is 37.2 Å². The van der Waals surface area contributed by atoms with Crippen molar-refractivity contribution in [3.05, 3.63) is 30.1 Å². The number of rotatable bonds is 5. The molecular weight excluding hydrogens is 227 g/mol. The van der Waals surface area contributed by atoms with Crippen LogP contribution in [0.4, 0.5) is 4.39 Å². The van der Waals surface area contributed by atoms with Crippen LogP contribution in [0.15, 0.2) is 29.2 Å². The molecule has 0 aliphatic heterocycles. The number of aliphatic hydroxyl groups is 1. The quantitative estimate of drug-likeness (QED) is 0.864. The minimum Gasteiger partial charge on any atom is -0.389 e. The van der Waals surface area contributed by atoms with Gasteiger partial charge in [-0.3, -0.25) is 4.21 Å². The molecule has 1 N–H and O–H groups in total. The highest BCUT2D eigenvalue weighted by molar-refractivity contribution is 7.85. The Labute approximate surface area is 98.0 Å². The van der Waals surface area contributed by atoms with Crippen molar-refractivity contribution in [2.24, 2.45) is 0 Å². The summed E-state index contributed by atoms with van der Waals surface area (Å²) in [6.07, 6.45) is 1.04. The van der Waals surface area contributed by atoms with E-state index in [-0.39, 0.29) is 10.6 Å². The van der Waals surface area contributed by atoms with Gasteiger partial charge in [-0.05, 0) is 25.0 Å². The molecule has 90 valence electrons. The van der Waals surface area contributed by atoms with Crippen LogP contribution in [0.25, 0.3) is 0 Å². The minimum absolute atomic E-state index is 0.0843. The molecule has 0 saturated heterocycles. The Morgan fingerprint density at radius 1 is 1.31 bits per heavy atom. The predicted molar refractivity (Wildman–Crippen MR) is 63.2 cm³/mol. The van der Waals surface area contributed by atoms with E-state index in [1.54, 1.807) is 12.1 Å². The molecular formula is C12H17FO2S. The second kappa shape index (κ2) is 5.55. The number of hydrogen-bond acceptors (Lipinski definition) is 2. The van der Waals surface area contributed by atoms with E-state index in [2.05, 4.69) is 0 Å². The van der Waals surface area contributed by atoms with Crippen LogP contribution in [0.5, 0.6) is 0 Å². The molecule has 1 atom stereocenters. The summed E-state index contributed by atoms with van der Waals surface area (Å²) in [4.78, 5) is 0.169. The normalized spacial score (nSPS) is 13.8. The zero-order valence-electron chi connectivity index (χ0n) is 9.57. The van der Waals surface area contributed by atoms with Gasteiger partial charge in [0.15, 0.2) is 0 Å². The van der Waals surface area contributed by atoms with E-state index < -0.39 is 22.2 Å². The Kier molecular flexibility index (Phi) is 4.62. The van der Waals surface area contributed by atoms with Crippen LogP contribution in [0.2, 0.25) is 0 Å². The average Bonchev–Trinajstić information content (AvgIpc) is 2.29. The fraction of sp³-hybridized carbons (Fsp3) is 0.500. The summed E-state index contributed by atoms with van der Waals surface area (Å²) in [7, 11) is -1.49. The Morgan fingerprint density at radius 3 is 2.38 bits per heavy atom. The van der Waals surface area contributed by atoms with Crippen molar-refractivity contribution in [1.82, 2.24) is 0 Å². The Balaban J connectivity index is 2.84. The van der Waals surface area contributed by atoms with Crippen molar-refractivity contribution in [3.63, 3.8) is 0 Å². The van der Waals surface area contributed by atoms with Crippen molar-refractivity contribution >= 4 is 10.8 Å². The van der Waals surface area contributed by atoms with Crippen LogP contribution in [0.3, 0.4) is 0 Å². The van der Waals surface area contributed by atoms with Gasteiger partial charge in [-0.25, -0.2) is 4.39 Å². The van der Waals surface area contributed by atoms with Crippen LogP contribution >= 0.6 is 0 Å². The first kappa shape index (κ1) is 13.3. The van der Waals surface area contributed by atoms with E-state index in [9.17, 15) is 13.7 Å². The van der Waals surface area contributed by atoms with Crippen molar-refractivity contribution < 1.29 is 13.7 Å². The van der Waals surface area contributed by atoms with Gasteiger partial charge in [-0.1, -0.05) is 26.0 Å². The van der Waals surface area contributed by atoms with Crippen molar-refractivity contribution in [3.8, 4) is 0 Å². The zero-order chi connectivity index (χ0) is 12.2. The van der Waals surface area contributed by atoms with E-state index in [1.807, 2.05) is 13.8 Å². The molecule has 0 spiro atoms. The molecule has 16 heavy (non-hydrogen) atoms. The van der Waals surface area contributed by atoms with Crippen LogP contribution in [-0.2, 0) is 10.8 Å². The summed E-state index contributed by atoms with van der Waals surface area (Å²) in [5, 5.41) is 10.0. The van der Waals surface area contributed by atoms with E-state index in [0.717, 1.165) is 0 Å². The van der Waals surface area contributed by atoms with Gasteiger partial charge in [-0.15, -0.1) is 0 Å². The summed E-state index contributed by atoms with van der Waals surface area (Å²) in [6.45, 7) is 3.67. The molecule has 1 aromatic rings. The Hall–Kier alpha value is -0.740. The molecule has 4 heteroatoms. The number of benzene rings is 1. The molecule has 0 heterocycles. The second-order valence-corrected chi connectivity index (χ2v) is 5.27. The van der Waals surface area contributed by atoms with E-state index in [4.69, 9.17) is 0 Å². The SMILES string of the molecule is CCC(O)(CC)CS(=O)c1ccccc1F. The molecule has 0 radical (unpaired) electrons. The lowest BCUT2D eigenvalue weighted by Crippen LogP contribution is -2.33. The smallest absolute Gasteiger partial charge is 0.139 e. The van der Waals surface area contributed by atoms with Crippen molar-refractivity contribution in [1.29, 1.82) is 0 Å². The third kappa shape index (κ3) is 3.12. The molecule has 0 aliphatic rings. The molecule has 0 saturated carbocycles. The fourth-order valence-electron chi connectivity index (χ4n) is 1.41. The van der Waals surface area contributed by atoms with Gasteiger partial charge < -0.3 is 5.11 Å². The number of hydrogen-bond donors (Lipinski definition) is 1. The monoisotopic (exact) mass is 244 g/mol. The van der Waals surface area contributed by atoms with Gasteiger partial charge in [-0.2, -0.15) is 0 Å². The first-order valence-corrected chi connectivity index (χ1v) is 6.69. The fourth-order valence-corrected chi connectivity index (χ4v) is 2.97. The van der Waals surface area contributed by atoms with Crippen LogP contribution < -0.4 is 0 Å². The Bertz CT molecular complexity index is 375. The summed E-state index contributed by atoms with van der Waals surface area (Å²) in [5.41, 5.74) is -0.965. The topological polar surface area (TPSA) is 37.3 Å². The van der Waals surface area contributed by atoms with Gasteiger partial charge in [0.25, 0.3) is 0 Å². The third-order valence-electron chi connectivity index (χ3n) is 2.80. The highest BCUT2D eigenvalue weighted by Crippen LogP contribution is 2.20. The van der Waals surface area contributed by atoms with E-state index in [1.165, 1.54) is 12.1 Å². The molecule has 0 amide bonds. The lowest BCUT2D eigenvalue weighted by atomic mass is 10.0. The lowest BCUT2D eigenvalue weighted by molar-refractivity contribution is 0.0562. The summed E-state index contributed by atoms with van der Waals surface area (Å²) in [5.74, 6) is -0.392. The van der Waals surface area contributed by atoms with Gasteiger partial charge >= 0.3 is 0 Å². The maximum atomic E-state index is 13.3. The zero-order valence-corrected chi connectivity index (χ0v) is 10.4.